The predicted molar refractivity (Wildman–Crippen MR) is 69.8 cm³/mol. The first kappa shape index (κ1) is 24.6. The molecule has 1 aliphatic rings. The molecular weight excluding hydrogens is 224 g/mol. The minimum Gasteiger partial charge on any atom is -0.430 e. The molecule has 1 fully saturated rings. The van der Waals surface area contributed by atoms with E-state index in [1.54, 1.807) is 6.92 Å². The van der Waals surface area contributed by atoms with Crippen molar-refractivity contribution >= 4 is 6.16 Å². The molecule has 5 nitrogen and oxygen atoms in total. The summed E-state index contributed by atoms with van der Waals surface area (Å²) >= 11 is 0. The summed E-state index contributed by atoms with van der Waals surface area (Å²) in [5.41, 5.74) is 0. The quantitative estimate of drug-likeness (QED) is 0.547. The van der Waals surface area contributed by atoms with Crippen LogP contribution in [0.15, 0.2) is 39.5 Å². The lowest BCUT2D eigenvalue weighted by Crippen LogP contribution is -2.01. The van der Waals surface area contributed by atoms with Gasteiger partial charge in [-0.25, -0.2) is 4.79 Å². The van der Waals surface area contributed by atoms with E-state index in [0.29, 0.717) is 6.61 Å². The van der Waals surface area contributed by atoms with Gasteiger partial charge in [-0.05, 0) is 6.92 Å². The largest absolute Gasteiger partial charge is 0.508 e. The van der Waals surface area contributed by atoms with Crippen molar-refractivity contribution in [3.8, 4) is 0 Å². The van der Waals surface area contributed by atoms with Crippen LogP contribution in [-0.4, -0.2) is 42.3 Å². The second-order valence-corrected chi connectivity index (χ2v) is 1.94. The lowest BCUT2D eigenvalue weighted by atomic mass is 10.5. The number of hydrogen-bond donors (Lipinski definition) is 2. The maximum Gasteiger partial charge on any atom is 0.508 e. The smallest absolute Gasteiger partial charge is 0.430 e. The summed E-state index contributed by atoms with van der Waals surface area (Å²) in [6.45, 7) is 19.9. The third kappa shape index (κ3) is 31.4. The van der Waals surface area contributed by atoms with Crippen molar-refractivity contribution in [3.05, 3.63) is 39.5 Å². The topological polar surface area (TPSA) is 76.0 Å². The zero-order valence-electron chi connectivity index (χ0n) is 10.6. The van der Waals surface area contributed by atoms with Crippen molar-refractivity contribution in [2.75, 3.05) is 19.8 Å². The molecule has 17 heavy (non-hydrogen) atoms. The lowest BCUT2D eigenvalue weighted by Gasteiger charge is -1.90. The average Bonchev–Trinajstić information content (AvgIpc) is 2.80. The maximum atomic E-state index is 10.0. The maximum absolute atomic E-state index is 10.0. The number of aliphatic hydroxyl groups excluding tert-OH is 2. The van der Waals surface area contributed by atoms with Crippen LogP contribution < -0.4 is 0 Å². The molecular formula is C12H24O5. The Labute approximate surface area is 104 Å². The van der Waals surface area contributed by atoms with Crippen LogP contribution in [0, 0.1) is 0 Å². The monoisotopic (exact) mass is 248 g/mol. The van der Waals surface area contributed by atoms with Crippen molar-refractivity contribution < 1.29 is 24.5 Å². The predicted octanol–water partition coefficient (Wildman–Crippen LogP) is 1.92. The molecule has 0 aromatic rings. The minimum absolute atomic E-state index is 0.0486. The molecule has 1 aliphatic heterocycles. The molecule has 1 unspecified atom stereocenters. The Morgan fingerprint density at radius 2 is 1.47 bits per heavy atom. The molecule has 0 bridgehead atoms. The number of rotatable bonds is 1. The fourth-order valence-corrected chi connectivity index (χ4v) is 0.418. The van der Waals surface area contributed by atoms with Crippen LogP contribution >= 0.6 is 0 Å². The molecule has 0 spiro atoms. The standard InChI is InChI=1S/C4H6O3.C2H6O2.3C2H4/c1-3-2-6-4(5)7-3;3-1-2-4;3*1-2/h3H,2H2,1H3;3-4H,1-2H2;3*1-2H2. The van der Waals surface area contributed by atoms with Gasteiger partial charge in [-0.15, -0.1) is 39.5 Å². The Morgan fingerprint density at radius 1 is 1.12 bits per heavy atom. The molecule has 0 saturated carbocycles. The first-order valence-corrected chi connectivity index (χ1v) is 4.75. The van der Waals surface area contributed by atoms with Crippen LogP contribution in [0.4, 0.5) is 4.79 Å². The molecule has 5 heteroatoms. The van der Waals surface area contributed by atoms with Crippen LogP contribution in [-0.2, 0) is 9.47 Å². The van der Waals surface area contributed by atoms with Crippen molar-refractivity contribution in [3.63, 3.8) is 0 Å². The second kappa shape index (κ2) is 29.3. The first-order valence-electron chi connectivity index (χ1n) is 4.75. The number of aliphatic hydroxyl groups is 2. The molecule has 1 rings (SSSR count). The summed E-state index contributed by atoms with van der Waals surface area (Å²) in [6.07, 6.45) is -0.597. The number of ether oxygens (including phenoxy) is 2. The van der Waals surface area contributed by atoms with Crippen LogP contribution in [0.3, 0.4) is 0 Å². The van der Waals surface area contributed by atoms with Gasteiger partial charge in [0.1, 0.15) is 12.7 Å². The summed E-state index contributed by atoms with van der Waals surface area (Å²) in [7, 11) is 0. The Balaban J connectivity index is -0.0000000735. The number of cyclic esters (lactones) is 2. The minimum atomic E-state index is -0.549. The molecule has 0 aromatic heterocycles. The van der Waals surface area contributed by atoms with Crippen LogP contribution in [0.5, 0.6) is 0 Å². The van der Waals surface area contributed by atoms with E-state index >= 15 is 0 Å². The van der Waals surface area contributed by atoms with Crippen molar-refractivity contribution in [2.45, 2.75) is 13.0 Å². The van der Waals surface area contributed by atoms with Crippen LogP contribution in [0.2, 0.25) is 0 Å². The fraction of sp³-hybridized carbons (Fsp3) is 0.417. The number of carbonyl (C=O) groups is 1. The van der Waals surface area contributed by atoms with Gasteiger partial charge in [-0.1, -0.05) is 0 Å². The van der Waals surface area contributed by atoms with Gasteiger partial charge in [0.05, 0.1) is 13.2 Å². The molecule has 1 heterocycles. The second-order valence-electron chi connectivity index (χ2n) is 1.94. The van der Waals surface area contributed by atoms with E-state index < -0.39 is 6.16 Å². The molecule has 102 valence electrons. The summed E-state index contributed by atoms with van der Waals surface area (Å²) in [5, 5.41) is 15.2. The highest BCUT2D eigenvalue weighted by atomic mass is 16.8. The van der Waals surface area contributed by atoms with Gasteiger partial charge in [-0.2, -0.15) is 0 Å². The van der Waals surface area contributed by atoms with E-state index in [4.69, 9.17) is 10.2 Å². The molecule has 0 amide bonds. The SMILES string of the molecule is C=C.C=C.C=C.CC1COC(=O)O1.OCCO. The van der Waals surface area contributed by atoms with Gasteiger partial charge in [0.15, 0.2) is 0 Å². The van der Waals surface area contributed by atoms with Crippen molar-refractivity contribution in [1.29, 1.82) is 0 Å². The van der Waals surface area contributed by atoms with Gasteiger partial charge in [-0.3, -0.25) is 0 Å². The van der Waals surface area contributed by atoms with Gasteiger partial charge in [0, 0.05) is 0 Å². The molecule has 0 aliphatic carbocycles. The number of carbonyl (C=O) groups excluding carboxylic acids is 1. The van der Waals surface area contributed by atoms with Gasteiger partial charge >= 0.3 is 6.16 Å². The van der Waals surface area contributed by atoms with E-state index in [1.807, 2.05) is 0 Å². The van der Waals surface area contributed by atoms with Gasteiger partial charge in [0.2, 0.25) is 0 Å². The van der Waals surface area contributed by atoms with Crippen LogP contribution in [0.1, 0.15) is 6.92 Å². The van der Waals surface area contributed by atoms with E-state index in [1.165, 1.54) is 0 Å². The van der Waals surface area contributed by atoms with E-state index in [9.17, 15) is 4.79 Å². The normalized spacial score (nSPS) is 14.5. The average molecular weight is 248 g/mol. The number of hydrogen-bond acceptors (Lipinski definition) is 5. The Kier molecular flexibility index (Phi) is 42.3. The molecule has 0 aromatic carbocycles. The Hall–Kier alpha value is -1.59. The Morgan fingerprint density at radius 3 is 1.53 bits per heavy atom. The summed E-state index contributed by atoms with van der Waals surface area (Å²) in [4.78, 5) is 10.0. The fourth-order valence-electron chi connectivity index (χ4n) is 0.418. The highest BCUT2D eigenvalue weighted by Gasteiger charge is 2.19. The highest BCUT2D eigenvalue weighted by Crippen LogP contribution is 2.02. The molecule has 1 saturated heterocycles. The lowest BCUT2D eigenvalue weighted by molar-refractivity contribution is 0.121. The van der Waals surface area contributed by atoms with E-state index in [2.05, 4.69) is 48.9 Å². The summed E-state index contributed by atoms with van der Waals surface area (Å²) in [5.74, 6) is 0. The van der Waals surface area contributed by atoms with E-state index in [-0.39, 0.29) is 19.3 Å². The Bertz CT molecular complexity index is 143. The van der Waals surface area contributed by atoms with Crippen LogP contribution in [0.25, 0.3) is 0 Å². The molecule has 2 N–H and O–H groups in total. The summed E-state index contributed by atoms with van der Waals surface area (Å²) < 4.78 is 8.90. The summed E-state index contributed by atoms with van der Waals surface area (Å²) in [6, 6.07) is 0. The zero-order valence-corrected chi connectivity index (χ0v) is 10.6. The third-order valence-electron chi connectivity index (χ3n) is 0.833. The molecule has 1 atom stereocenters. The zero-order chi connectivity index (χ0) is 14.7. The third-order valence-corrected chi connectivity index (χ3v) is 0.833. The first-order chi connectivity index (χ1) is 8.20. The molecule has 0 radical (unpaired) electrons. The van der Waals surface area contributed by atoms with Gasteiger partial charge in [0.25, 0.3) is 0 Å². The van der Waals surface area contributed by atoms with E-state index in [0.717, 1.165) is 0 Å². The van der Waals surface area contributed by atoms with Crippen molar-refractivity contribution in [2.24, 2.45) is 0 Å². The highest BCUT2D eigenvalue weighted by molar-refractivity contribution is 5.61. The van der Waals surface area contributed by atoms with Gasteiger partial charge < -0.3 is 19.7 Å². The van der Waals surface area contributed by atoms with Crippen molar-refractivity contribution in [1.82, 2.24) is 0 Å².